The van der Waals surface area contributed by atoms with Gasteiger partial charge in [0.15, 0.2) is 6.61 Å². The average Bonchev–Trinajstić information content (AvgIpc) is 4.03. The lowest BCUT2D eigenvalue weighted by atomic mass is 9.86. The van der Waals surface area contributed by atoms with Gasteiger partial charge in [-0.1, -0.05) is 48.5 Å². The molecule has 3 fully saturated rings. The summed E-state index contributed by atoms with van der Waals surface area (Å²) < 4.78 is 12.2. The number of rotatable bonds is 21. The third kappa shape index (κ3) is 12.0. The number of ether oxygens (including phenoxy) is 2. The van der Waals surface area contributed by atoms with E-state index in [1.807, 2.05) is 60.7 Å². The van der Waals surface area contributed by atoms with Gasteiger partial charge in [0.1, 0.15) is 18.1 Å². The second-order valence-electron chi connectivity index (χ2n) is 15.8. The van der Waals surface area contributed by atoms with E-state index in [2.05, 4.69) is 16.0 Å². The van der Waals surface area contributed by atoms with Crippen LogP contribution in [0, 0.1) is 35.5 Å². The molecule has 1 amide bonds. The van der Waals surface area contributed by atoms with Crippen molar-refractivity contribution in [2.24, 2.45) is 35.5 Å². The Morgan fingerprint density at radius 1 is 0.596 bits per heavy atom. The lowest BCUT2D eigenvalue weighted by Gasteiger charge is -2.24. The Balaban J connectivity index is 1.12. The van der Waals surface area contributed by atoms with E-state index in [1.165, 1.54) is 0 Å². The zero-order valence-electron chi connectivity index (χ0n) is 32.4. The molecule has 3 aromatic carbocycles. The van der Waals surface area contributed by atoms with E-state index in [1.54, 1.807) is 17.0 Å². The zero-order chi connectivity index (χ0) is 40.1. The van der Waals surface area contributed by atoms with E-state index in [0.29, 0.717) is 50.4 Å². The van der Waals surface area contributed by atoms with Crippen molar-refractivity contribution in [2.45, 2.75) is 45.1 Å². The molecule has 3 aliphatic heterocycles. The number of carbonyl (C=O) groups is 4. The van der Waals surface area contributed by atoms with Crippen LogP contribution in [-0.4, -0.2) is 103 Å². The van der Waals surface area contributed by atoms with Gasteiger partial charge in [-0.15, -0.1) is 0 Å². The number of benzene rings is 3. The number of hydrogen-bond acceptors (Lipinski definition) is 9. The van der Waals surface area contributed by atoms with Crippen molar-refractivity contribution >= 4 is 23.8 Å². The van der Waals surface area contributed by atoms with E-state index in [4.69, 9.17) is 9.47 Å². The number of nitrogens with one attached hydrogen (secondary N) is 3. The Bertz CT molecular complexity index is 1820. The van der Waals surface area contributed by atoms with Crippen molar-refractivity contribution < 1.29 is 44.0 Å². The fraction of sp³-hybridized carbons (Fsp3) is 0.500. The molecule has 13 nitrogen and oxygen atoms in total. The lowest BCUT2D eigenvalue weighted by molar-refractivity contribution is -0.144. The largest absolute Gasteiger partial charge is 0.492 e. The van der Waals surface area contributed by atoms with Crippen molar-refractivity contribution in [1.29, 1.82) is 0 Å². The van der Waals surface area contributed by atoms with Crippen LogP contribution in [0.1, 0.15) is 41.5 Å². The summed E-state index contributed by atoms with van der Waals surface area (Å²) in [6.45, 7) is 4.88. The topological polar surface area (TPSA) is 187 Å². The Hall–Kier alpha value is -4.98. The smallest absolute Gasteiger partial charge is 0.307 e. The number of aliphatic carboxylic acids is 3. The van der Waals surface area contributed by atoms with Crippen LogP contribution in [0.2, 0.25) is 0 Å². The minimum absolute atomic E-state index is 0.0521. The molecule has 6 unspecified atom stereocenters. The predicted octanol–water partition coefficient (Wildman–Crippen LogP) is 3.73. The molecule has 0 aromatic heterocycles. The van der Waals surface area contributed by atoms with Gasteiger partial charge < -0.3 is 45.6 Å². The first-order valence-corrected chi connectivity index (χ1v) is 20.2. The summed E-state index contributed by atoms with van der Waals surface area (Å²) in [7, 11) is 0. The number of carboxylic acids is 3. The van der Waals surface area contributed by atoms with Gasteiger partial charge in [0, 0.05) is 6.54 Å². The summed E-state index contributed by atoms with van der Waals surface area (Å²) in [6, 6.07) is 22.4. The molecule has 3 heterocycles. The van der Waals surface area contributed by atoms with Gasteiger partial charge in [-0.2, -0.15) is 0 Å². The minimum Gasteiger partial charge on any atom is -0.492 e. The molecule has 57 heavy (non-hydrogen) atoms. The number of carboxylic acid groups (broad SMARTS) is 3. The van der Waals surface area contributed by atoms with Crippen molar-refractivity contribution in [3.63, 3.8) is 0 Å². The normalized spacial score (nSPS) is 20.7. The van der Waals surface area contributed by atoms with Crippen LogP contribution >= 0.6 is 0 Å². The van der Waals surface area contributed by atoms with Crippen LogP contribution in [0.25, 0.3) is 0 Å². The number of amides is 1. The Morgan fingerprint density at radius 3 is 1.46 bits per heavy atom. The Labute approximate surface area is 334 Å². The fourth-order valence-corrected chi connectivity index (χ4v) is 8.59. The highest BCUT2D eigenvalue weighted by Gasteiger charge is 2.33. The molecular weight excluding hydrogens is 729 g/mol. The molecule has 6 atom stereocenters. The van der Waals surface area contributed by atoms with Crippen molar-refractivity contribution in [3.8, 4) is 11.5 Å². The first kappa shape index (κ1) is 41.6. The van der Waals surface area contributed by atoms with Crippen molar-refractivity contribution in [3.05, 3.63) is 95.1 Å². The third-order valence-corrected chi connectivity index (χ3v) is 11.8. The molecule has 6 N–H and O–H groups in total. The number of hydrogen-bond donors (Lipinski definition) is 6. The van der Waals surface area contributed by atoms with E-state index in [0.717, 1.165) is 61.2 Å². The zero-order valence-corrected chi connectivity index (χ0v) is 32.4. The molecule has 3 aromatic rings. The maximum atomic E-state index is 13.9. The quantitative estimate of drug-likeness (QED) is 0.0921. The predicted molar refractivity (Wildman–Crippen MR) is 213 cm³/mol. The fourth-order valence-electron chi connectivity index (χ4n) is 8.59. The maximum Gasteiger partial charge on any atom is 0.307 e. The highest BCUT2D eigenvalue weighted by molar-refractivity contribution is 5.78. The first-order valence-electron chi connectivity index (χ1n) is 20.2. The van der Waals surface area contributed by atoms with E-state index < -0.39 is 35.7 Å². The second kappa shape index (κ2) is 20.4. The molecule has 3 saturated heterocycles. The van der Waals surface area contributed by atoms with Crippen LogP contribution < -0.4 is 25.4 Å². The van der Waals surface area contributed by atoms with E-state index in [-0.39, 0.29) is 50.0 Å². The van der Waals surface area contributed by atoms with Crippen LogP contribution in [0.4, 0.5) is 0 Å². The lowest BCUT2D eigenvalue weighted by Crippen LogP contribution is -2.37. The Morgan fingerprint density at radius 2 is 1.02 bits per heavy atom. The van der Waals surface area contributed by atoms with Gasteiger partial charge >= 0.3 is 17.9 Å². The summed E-state index contributed by atoms with van der Waals surface area (Å²) >= 11 is 0. The standard InChI is InChI=1S/C44H56N4O9/c49-41(28-57-37-9-3-6-31(20-37)23-40(44(54)55)35-12-15-47-26-35)48(27-32-7-1-4-29(18-32)21-38(42(50)51)33-10-13-45-24-33)16-17-56-36-8-2-5-30(19-36)22-39(43(52)53)34-11-14-46-25-34/h1-9,18-20,33-35,38-40,45-47H,10-17,21-28H2,(H,50,51)(H,52,53)(H,54,55). The maximum absolute atomic E-state index is 13.9. The summed E-state index contributed by atoms with van der Waals surface area (Å²) in [5.74, 6) is -3.01. The number of carbonyl (C=O) groups excluding carboxylic acids is 1. The van der Waals surface area contributed by atoms with Crippen LogP contribution in [0.5, 0.6) is 11.5 Å². The van der Waals surface area contributed by atoms with Crippen LogP contribution in [0.3, 0.4) is 0 Å². The monoisotopic (exact) mass is 784 g/mol. The first-order chi connectivity index (χ1) is 27.6. The Kier molecular flexibility index (Phi) is 14.9. The van der Waals surface area contributed by atoms with Crippen LogP contribution in [0.15, 0.2) is 72.8 Å². The van der Waals surface area contributed by atoms with Crippen molar-refractivity contribution in [1.82, 2.24) is 20.9 Å². The van der Waals surface area contributed by atoms with Gasteiger partial charge in [-0.3, -0.25) is 19.2 Å². The van der Waals surface area contributed by atoms with Gasteiger partial charge in [-0.25, -0.2) is 0 Å². The van der Waals surface area contributed by atoms with E-state index in [9.17, 15) is 34.5 Å². The van der Waals surface area contributed by atoms with Crippen LogP contribution in [-0.2, 0) is 45.0 Å². The molecule has 0 saturated carbocycles. The average molecular weight is 785 g/mol. The van der Waals surface area contributed by atoms with E-state index >= 15 is 0 Å². The highest BCUT2D eigenvalue weighted by Crippen LogP contribution is 2.28. The van der Waals surface area contributed by atoms with Crippen molar-refractivity contribution in [2.75, 3.05) is 59.0 Å². The number of nitrogens with zero attached hydrogens (tertiary/aromatic N) is 1. The summed E-state index contributed by atoms with van der Waals surface area (Å²) in [6.07, 6.45) is 3.62. The molecule has 13 heteroatoms. The molecule has 0 bridgehead atoms. The summed E-state index contributed by atoms with van der Waals surface area (Å²) in [5, 5.41) is 39.7. The van der Waals surface area contributed by atoms with Gasteiger partial charge in [0.2, 0.25) is 0 Å². The van der Waals surface area contributed by atoms with Gasteiger partial charge in [-0.05, 0) is 142 Å². The molecule has 3 aliphatic rings. The molecule has 0 aliphatic carbocycles. The SMILES string of the molecule is O=C(O)C(Cc1cccc(CN(CCOc2cccc(CC(C(=O)O)C3CCNC3)c2)C(=O)COc2cccc(CC(C(=O)O)C3CCNC3)c2)c1)C1CCNC1. The molecule has 0 radical (unpaired) electrons. The third-order valence-electron chi connectivity index (χ3n) is 11.8. The molecule has 0 spiro atoms. The second-order valence-corrected chi connectivity index (χ2v) is 15.8. The molecule has 6 rings (SSSR count). The van der Waals surface area contributed by atoms with Gasteiger partial charge in [0.05, 0.1) is 24.3 Å². The minimum atomic E-state index is -0.820. The summed E-state index contributed by atoms with van der Waals surface area (Å²) in [5.41, 5.74) is 3.43. The summed E-state index contributed by atoms with van der Waals surface area (Å²) in [4.78, 5) is 52.0. The molecular formula is C44H56N4O9. The highest BCUT2D eigenvalue weighted by atomic mass is 16.5. The molecule has 306 valence electrons. The van der Waals surface area contributed by atoms with Gasteiger partial charge in [0.25, 0.3) is 5.91 Å².